The molecule has 1 N–H and O–H groups in total. The molecular formula is C14H18N4S. The maximum absolute atomic E-state index is 4.50. The van der Waals surface area contributed by atoms with Gasteiger partial charge in [0.2, 0.25) is 5.13 Å². The summed E-state index contributed by atoms with van der Waals surface area (Å²) < 4.78 is 4.28. The minimum Gasteiger partial charge on any atom is -0.343 e. The number of aryl methyl sites for hydroxylation is 1. The Morgan fingerprint density at radius 1 is 1.26 bits per heavy atom. The normalized spacial score (nSPS) is 23.6. The molecule has 19 heavy (non-hydrogen) atoms. The zero-order chi connectivity index (χ0) is 13.2. The third-order valence-electron chi connectivity index (χ3n) is 3.37. The van der Waals surface area contributed by atoms with Gasteiger partial charge in [-0.1, -0.05) is 30.3 Å². The van der Waals surface area contributed by atoms with Gasteiger partial charge in [0.15, 0.2) is 0 Å². The van der Waals surface area contributed by atoms with Gasteiger partial charge in [0.05, 0.1) is 6.04 Å². The van der Waals surface area contributed by atoms with Crippen molar-refractivity contribution in [2.75, 3.05) is 18.0 Å². The second kappa shape index (κ2) is 5.27. The topological polar surface area (TPSA) is 41.1 Å². The van der Waals surface area contributed by atoms with Crippen LogP contribution in [0.2, 0.25) is 0 Å². The number of hydrogen-bond donors (Lipinski definition) is 1. The SMILES string of the molecule is Cc1nsc(N2C[C@@H](C)N[C@@H](c3ccccc3)C2)n1. The molecule has 2 atom stereocenters. The Hall–Kier alpha value is -1.46. The summed E-state index contributed by atoms with van der Waals surface area (Å²) in [7, 11) is 0. The minimum absolute atomic E-state index is 0.356. The molecule has 1 fully saturated rings. The first-order valence-corrected chi connectivity index (χ1v) is 7.36. The van der Waals surface area contributed by atoms with Gasteiger partial charge in [-0.15, -0.1) is 0 Å². The van der Waals surface area contributed by atoms with E-state index in [1.807, 2.05) is 6.92 Å². The third kappa shape index (κ3) is 2.77. The van der Waals surface area contributed by atoms with Crippen LogP contribution in [0, 0.1) is 6.92 Å². The third-order valence-corrected chi connectivity index (χ3v) is 4.24. The molecular weight excluding hydrogens is 256 g/mol. The Balaban J connectivity index is 1.81. The molecule has 100 valence electrons. The van der Waals surface area contributed by atoms with Gasteiger partial charge in [0.25, 0.3) is 0 Å². The number of rotatable bonds is 2. The van der Waals surface area contributed by atoms with E-state index in [9.17, 15) is 0 Å². The highest BCUT2D eigenvalue weighted by Gasteiger charge is 2.26. The van der Waals surface area contributed by atoms with Gasteiger partial charge in [-0.3, -0.25) is 0 Å². The average Bonchev–Trinajstić information content (AvgIpc) is 2.86. The highest BCUT2D eigenvalue weighted by atomic mass is 32.1. The molecule has 0 amide bonds. The van der Waals surface area contributed by atoms with Crippen LogP contribution in [-0.4, -0.2) is 28.5 Å². The first kappa shape index (κ1) is 12.6. The lowest BCUT2D eigenvalue weighted by molar-refractivity contribution is 0.395. The van der Waals surface area contributed by atoms with Gasteiger partial charge in [0, 0.05) is 30.7 Å². The summed E-state index contributed by atoms with van der Waals surface area (Å²) in [6, 6.07) is 11.4. The van der Waals surface area contributed by atoms with E-state index in [1.165, 1.54) is 17.1 Å². The highest BCUT2D eigenvalue weighted by molar-refractivity contribution is 7.09. The molecule has 0 radical (unpaired) electrons. The number of aromatic nitrogens is 2. The molecule has 5 heteroatoms. The van der Waals surface area contributed by atoms with E-state index in [1.54, 1.807) is 0 Å². The summed E-state index contributed by atoms with van der Waals surface area (Å²) in [5.41, 5.74) is 1.33. The predicted octanol–water partition coefficient (Wildman–Crippen LogP) is 2.39. The van der Waals surface area contributed by atoms with Crippen molar-refractivity contribution < 1.29 is 0 Å². The van der Waals surface area contributed by atoms with Gasteiger partial charge >= 0.3 is 0 Å². The molecule has 3 rings (SSSR count). The molecule has 1 aliphatic heterocycles. The number of nitrogens with one attached hydrogen (secondary N) is 1. The van der Waals surface area contributed by atoms with Gasteiger partial charge in [0.1, 0.15) is 5.82 Å². The Morgan fingerprint density at radius 3 is 2.74 bits per heavy atom. The summed E-state index contributed by atoms with van der Waals surface area (Å²) >= 11 is 1.49. The van der Waals surface area contributed by atoms with E-state index >= 15 is 0 Å². The van der Waals surface area contributed by atoms with Crippen molar-refractivity contribution in [3.8, 4) is 0 Å². The van der Waals surface area contributed by atoms with Crippen molar-refractivity contribution in [3.05, 3.63) is 41.7 Å². The minimum atomic E-state index is 0.356. The molecule has 1 saturated heterocycles. The number of nitrogens with zero attached hydrogens (tertiary/aromatic N) is 3. The van der Waals surface area contributed by atoms with Crippen molar-refractivity contribution in [1.29, 1.82) is 0 Å². The van der Waals surface area contributed by atoms with Gasteiger partial charge < -0.3 is 10.2 Å². The lowest BCUT2D eigenvalue weighted by atomic mass is 10.0. The van der Waals surface area contributed by atoms with Crippen LogP contribution in [0.15, 0.2) is 30.3 Å². The zero-order valence-electron chi connectivity index (χ0n) is 11.2. The van der Waals surface area contributed by atoms with Crippen LogP contribution in [-0.2, 0) is 0 Å². The van der Waals surface area contributed by atoms with E-state index in [2.05, 4.69) is 56.8 Å². The molecule has 0 spiro atoms. The monoisotopic (exact) mass is 274 g/mol. The van der Waals surface area contributed by atoms with Crippen LogP contribution in [0.25, 0.3) is 0 Å². The zero-order valence-corrected chi connectivity index (χ0v) is 12.0. The van der Waals surface area contributed by atoms with Crippen molar-refractivity contribution in [2.45, 2.75) is 25.9 Å². The van der Waals surface area contributed by atoms with Crippen molar-refractivity contribution in [2.24, 2.45) is 0 Å². The number of benzene rings is 1. The highest BCUT2D eigenvalue weighted by Crippen LogP contribution is 2.25. The van der Waals surface area contributed by atoms with Crippen molar-refractivity contribution in [1.82, 2.24) is 14.7 Å². The van der Waals surface area contributed by atoms with Gasteiger partial charge in [-0.05, 0) is 19.4 Å². The lowest BCUT2D eigenvalue weighted by Gasteiger charge is -2.37. The Kier molecular flexibility index (Phi) is 3.48. The molecule has 2 heterocycles. The molecule has 0 aliphatic carbocycles. The van der Waals surface area contributed by atoms with Gasteiger partial charge in [-0.25, -0.2) is 4.98 Å². The smallest absolute Gasteiger partial charge is 0.205 e. The van der Waals surface area contributed by atoms with E-state index in [0.717, 1.165) is 24.0 Å². The standard InChI is InChI=1S/C14H18N4S/c1-10-8-18(14-16-11(2)17-19-14)9-13(15-10)12-6-4-3-5-7-12/h3-7,10,13,15H,8-9H2,1-2H3/t10-,13-/m1/s1. The predicted molar refractivity (Wildman–Crippen MR) is 78.6 cm³/mol. The first-order chi connectivity index (χ1) is 9.22. The van der Waals surface area contributed by atoms with Crippen LogP contribution in [0.5, 0.6) is 0 Å². The molecule has 1 aliphatic rings. The van der Waals surface area contributed by atoms with E-state index < -0.39 is 0 Å². The lowest BCUT2D eigenvalue weighted by Crippen LogP contribution is -2.51. The maximum atomic E-state index is 4.50. The van der Waals surface area contributed by atoms with Crippen LogP contribution < -0.4 is 10.2 Å². The Labute approximate surface area is 117 Å². The summed E-state index contributed by atoms with van der Waals surface area (Å²) in [6.07, 6.45) is 0. The molecule has 0 bridgehead atoms. The number of piperazine rings is 1. The molecule has 1 aromatic heterocycles. The van der Waals surface area contributed by atoms with Crippen molar-refractivity contribution >= 4 is 16.7 Å². The van der Waals surface area contributed by atoms with E-state index in [4.69, 9.17) is 0 Å². The van der Waals surface area contributed by atoms with Crippen LogP contribution in [0.4, 0.5) is 5.13 Å². The second-order valence-corrected chi connectivity index (χ2v) is 5.79. The van der Waals surface area contributed by atoms with E-state index in [0.29, 0.717) is 12.1 Å². The summed E-state index contributed by atoms with van der Waals surface area (Å²) in [5, 5.41) is 4.69. The molecule has 4 nitrogen and oxygen atoms in total. The summed E-state index contributed by atoms with van der Waals surface area (Å²) in [5.74, 6) is 0.863. The molecule has 0 saturated carbocycles. The number of hydrogen-bond acceptors (Lipinski definition) is 5. The fraction of sp³-hybridized carbons (Fsp3) is 0.429. The van der Waals surface area contributed by atoms with Crippen LogP contribution in [0.1, 0.15) is 24.4 Å². The van der Waals surface area contributed by atoms with Gasteiger partial charge in [-0.2, -0.15) is 4.37 Å². The number of anilines is 1. The summed E-state index contributed by atoms with van der Waals surface area (Å²) in [4.78, 5) is 6.84. The quantitative estimate of drug-likeness (QED) is 0.913. The van der Waals surface area contributed by atoms with Crippen LogP contribution >= 0.6 is 11.5 Å². The molecule has 0 unspecified atom stereocenters. The maximum Gasteiger partial charge on any atom is 0.205 e. The van der Waals surface area contributed by atoms with E-state index in [-0.39, 0.29) is 0 Å². The average molecular weight is 274 g/mol. The second-order valence-electron chi connectivity index (χ2n) is 5.06. The summed E-state index contributed by atoms with van der Waals surface area (Å²) in [6.45, 7) is 6.09. The Morgan fingerprint density at radius 2 is 2.05 bits per heavy atom. The Bertz CT molecular complexity index is 539. The largest absolute Gasteiger partial charge is 0.343 e. The molecule has 1 aromatic carbocycles. The molecule has 2 aromatic rings. The first-order valence-electron chi connectivity index (χ1n) is 6.58. The fourth-order valence-electron chi connectivity index (χ4n) is 2.53. The van der Waals surface area contributed by atoms with Crippen molar-refractivity contribution in [3.63, 3.8) is 0 Å². The fourth-order valence-corrected chi connectivity index (χ4v) is 3.22. The van der Waals surface area contributed by atoms with Crippen LogP contribution in [0.3, 0.4) is 0 Å².